The second-order valence-corrected chi connectivity index (χ2v) is 8.21. The number of nitrogens with one attached hydrogen (secondary N) is 2. The average Bonchev–Trinajstić information content (AvgIpc) is 2.72. The van der Waals surface area contributed by atoms with Crippen LogP contribution >= 0.6 is 23.2 Å². The van der Waals surface area contributed by atoms with Gasteiger partial charge in [0.05, 0.1) is 16.4 Å². The molecule has 6 nitrogen and oxygen atoms in total. The average molecular weight is 500 g/mol. The Morgan fingerprint density at radius 2 is 1.82 bits per heavy atom. The molecule has 0 aliphatic rings. The topological polar surface area (TPSA) is 62.3 Å². The minimum Gasteiger partial charge on any atom is -0.406 e. The molecule has 1 heterocycles. The molecule has 0 amide bonds. The van der Waals surface area contributed by atoms with Crippen LogP contribution in [0.4, 0.5) is 30.6 Å². The number of hydrogen-bond acceptors (Lipinski definition) is 6. The molecule has 2 aromatic carbocycles. The van der Waals surface area contributed by atoms with Crippen molar-refractivity contribution >= 4 is 40.7 Å². The molecule has 0 radical (unpaired) electrons. The van der Waals surface area contributed by atoms with E-state index in [-0.39, 0.29) is 5.75 Å². The molecule has 11 heteroatoms. The predicted octanol–water partition coefficient (Wildman–Crippen LogP) is 6.46. The molecule has 33 heavy (non-hydrogen) atoms. The third-order valence-electron chi connectivity index (χ3n) is 4.35. The van der Waals surface area contributed by atoms with Gasteiger partial charge in [0.2, 0.25) is 5.95 Å². The lowest BCUT2D eigenvalue weighted by molar-refractivity contribution is -0.274. The summed E-state index contributed by atoms with van der Waals surface area (Å²) in [5.41, 5.74) is 1.35. The van der Waals surface area contributed by atoms with E-state index in [1.54, 1.807) is 30.3 Å². The van der Waals surface area contributed by atoms with Gasteiger partial charge in [0.25, 0.3) is 0 Å². The summed E-state index contributed by atoms with van der Waals surface area (Å²) in [5.74, 6) is 0.363. The Hall–Kier alpha value is -2.75. The summed E-state index contributed by atoms with van der Waals surface area (Å²) >= 11 is 12.3. The number of nitrogens with zero attached hydrogens (tertiary/aromatic N) is 3. The highest BCUT2D eigenvalue weighted by molar-refractivity contribution is 6.35. The zero-order chi connectivity index (χ0) is 24.0. The minimum atomic E-state index is -4.79. The van der Waals surface area contributed by atoms with Crippen LogP contribution in [0.3, 0.4) is 0 Å². The largest absolute Gasteiger partial charge is 0.573 e. The SMILES string of the molecule is CN(C)CCCNc1nc(Nc2cc(Cl)ccc2Cl)cc(-c2cccc(OC(F)(F)F)c2)n1. The summed E-state index contributed by atoms with van der Waals surface area (Å²) in [6.45, 7) is 1.48. The molecule has 0 saturated carbocycles. The van der Waals surface area contributed by atoms with Crippen LogP contribution in [-0.4, -0.2) is 48.4 Å². The van der Waals surface area contributed by atoms with Crippen LogP contribution in [0.15, 0.2) is 48.5 Å². The molecular formula is C22H22Cl2F3N5O. The van der Waals surface area contributed by atoms with Gasteiger partial charge < -0.3 is 20.3 Å². The fourth-order valence-corrected chi connectivity index (χ4v) is 3.25. The molecule has 3 aromatic rings. The Balaban J connectivity index is 1.93. The maximum Gasteiger partial charge on any atom is 0.573 e. The van der Waals surface area contributed by atoms with E-state index in [2.05, 4.69) is 30.2 Å². The smallest absolute Gasteiger partial charge is 0.406 e. The molecule has 2 N–H and O–H groups in total. The Morgan fingerprint density at radius 3 is 2.55 bits per heavy atom. The van der Waals surface area contributed by atoms with Crippen molar-refractivity contribution < 1.29 is 17.9 Å². The van der Waals surface area contributed by atoms with Crippen molar-refractivity contribution in [2.45, 2.75) is 12.8 Å². The first-order valence-electron chi connectivity index (χ1n) is 9.95. The summed E-state index contributed by atoms with van der Waals surface area (Å²) in [5, 5.41) is 7.17. The fraction of sp³-hybridized carbons (Fsp3) is 0.273. The van der Waals surface area contributed by atoms with Gasteiger partial charge in [-0.1, -0.05) is 35.3 Å². The van der Waals surface area contributed by atoms with Gasteiger partial charge in [-0.25, -0.2) is 4.98 Å². The molecule has 0 fully saturated rings. The van der Waals surface area contributed by atoms with E-state index < -0.39 is 6.36 Å². The molecule has 0 aliphatic heterocycles. The minimum absolute atomic E-state index is 0.314. The second kappa shape index (κ2) is 10.9. The van der Waals surface area contributed by atoms with E-state index in [9.17, 15) is 13.2 Å². The van der Waals surface area contributed by atoms with Crippen LogP contribution in [-0.2, 0) is 0 Å². The number of aromatic nitrogens is 2. The van der Waals surface area contributed by atoms with E-state index in [1.165, 1.54) is 18.2 Å². The van der Waals surface area contributed by atoms with Crippen LogP contribution in [0.2, 0.25) is 10.0 Å². The summed E-state index contributed by atoms with van der Waals surface area (Å²) < 4.78 is 42.0. The standard InChI is InChI=1S/C22H22Cl2F3N5O/c1-32(2)10-4-9-28-21-30-18(14-5-3-6-16(11-14)33-22(25,26)27)13-20(31-21)29-19-12-15(23)7-8-17(19)24/h3,5-8,11-13H,4,9-10H2,1-2H3,(H2,28,29,30,31). The van der Waals surface area contributed by atoms with Gasteiger partial charge in [0.15, 0.2) is 0 Å². The number of alkyl halides is 3. The van der Waals surface area contributed by atoms with E-state index in [1.807, 2.05) is 14.1 Å². The first-order chi connectivity index (χ1) is 15.6. The lowest BCUT2D eigenvalue weighted by atomic mass is 10.1. The second-order valence-electron chi connectivity index (χ2n) is 7.37. The Kier molecular flexibility index (Phi) is 8.23. The number of halogens is 5. The molecular weight excluding hydrogens is 478 g/mol. The molecule has 0 spiro atoms. The van der Waals surface area contributed by atoms with Gasteiger partial charge >= 0.3 is 6.36 Å². The van der Waals surface area contributed by atoms with Crippen LogP contribution in [0.5, 0.6) is 5.75 Å². The third kappa shape index (κ3) is 7.96. The van der Waals surface area contributed by atoms with Crippen molar-refractivity contribution in [3.63, 3.8) is 0 Å². The molecule has 0 unspecified atom stereocenters. The van der Waals surface area contributed by atoms with Crippen LogP contribution in [0.25, 0.3) is 11.3 Å². The Labute approximate surface area is 199 Å². The highest BCUT2D eigenvalue weighted by Gasteiger charge is 2.31. The lowest BCUT2D eigenvalue weighted by Gasteiger charge is -2.14. The first kappa shape index (κ1) is 24.9. The van der Waals surface area contributed by atoms with Crippen molar-refractivity contribution in [1.29, 1.82) is 0 Å². The van der Waals surface area contributed by atoms with Gasteiger partial charge in [-0.2, -0.15) is 4.98 Å². The van der Waals surface area contributed by atoms with E-state index in [0.717, 1.165) is 13.0 Å². The van der Waals surface area contributed by atoms with Crippen molar-refractivity contribution in [2.24, 2.45) is 0 Å². The summed E-state index contributed by atoms with van der Waals surface area (Å²) in [7, 11) is 3.95. The van der Waals surface area contributed by atoms with Crippen molar-refractivity contribution in [3.8, 4) is 17.0 Å². The van der Waals surface area contributed by atoms with E-state index in [0.29, 0.717) is 45.3 Å². The zero-order valence-corrected chi connectivity index (χ0v) is 19.4. The summed E-state index contributed by atoms with van der Waals surface area (Å²) in [4.78, 5) is 11.0. The fourth-order valence-electron chi connectivity index (χ4n) is 2.92. The molecule has 0 saturated heterocycles. The molecule has 1 aromatic heterocycles. The van der Waals surface area contributed by atoms with E-state index in [4.69, 9.17) is 23.2 Å². The normalized spacial score (nSPS) is 11.5. The number of rotatable bonds is 9. The van der Waals surface area contributed by atoms with Gasteiger partial charge in [0.1, 0.15) is 11.6 Å². The van der Waals surface area contributed by atoms with Gasteiger partial charge in [-0.15, -0.1) is 13.2 Å². The Bertz CT molecular complexity index is 1100. The number of ether oxygens (including phenoxy) is 1. The highest BCUT2D eigenvalue weighted by atomic mass is 35.5. The molecule has 0 aliphatic carbocycles. The van der Waals surface area contributed by atoms with Gasteiger partial charge in [-0.05, 0) is 57.4 Å². The zero-order valence-electron chi connectivity index (χ0n) is 17.9. The number of benzene rings is 2. The summed E-state index contributed by atoms with van der Waals surface area (Å²) in [6, 6.07) is 12.1. The molecule has 0 bridgehead atoms. The van der Waals surface area contributed by atoms with Crippen LogP contribution < -0.4 is 15.4 Å². The van der Waals surface area contributed by atoms with Crippen molar-refractivity contribution in [3.05, 3.63) is 58.6 Å². The molecule has 3 rings (SSSR count). The van der Waals surface area contributed by atoms with E-state index >= 15 is 0 Å². The van der Waals surface area contributed by atoms with Crippen molar-refractivity contribution in [2.75, 3.05) is 37.8 Å². The lowest BCUT2D eigenvalue weighted by Crippen LogP contribution is -2.17. The number of anilines is 3. The third-order valence-corrected chi connectivity index (χ3v) is 4.91. The quantitative estimate of drug-likeness (QED) is 0.329. The van der Waals surface area contributed by atoms with Gasteiger partial charge in [-0.3, -0.25) is 0 Å². The van der Waals surface area contributed by atoms with Gasteiger partial charge in [0, 0.05) is 23.2 Å². The molecule has 0 atom stereocenters. The first-order valence-corrected chi connectivity index (χ1v) is 10.7. The summed E-state index contributed by atoms with van der Waals surface area (Å²) in [6.07, 6.45) is -3.95. The Morgan fingerprint density at radius 1 is 1.03 bits per heavy atom. The maximum absolute atomic E-state index is 12.7. The van der Waals surface area contributed by atoms with Crippen molar-refractivity contribution in [1.82, 2.24) is 14.9 Å². The monoisotopic (exact) mass is 499 g/mol. The predicted molar refractivity (Wildman–Crippen MR) is 126 cm³/mol. The maximum atomic E-state index is 12.7. The van der Waals surface area contributed by atoms with Crippen LogP contribution in [0.1, 0.15) is 6.42 Å². The highest BCUT2D eigenvalue weighted by Crippen LogP contribution is 2.31. The van der Waals surface area contributed by atoms with Crippen LogP contribution in [0, 0.1) is 0 Å². The number of hydrogen-bond donors (Lipinski definition) is 2. The molecule has 176 valence electrons.